The standard InChI is InChI=1S/C4Cl8/c5-1(3(7,8)9)2(6)4(10,11)12. The van der Waals surface area contributed by atoms with E-state index >= 15 is 0 Å². The maximum absolute atomic E-state index is 5.49. The minimum Gasteiger partial charge on any atom is -0.0830 e. The van der Waals surface area contributed by atoms with E-state index in [1.165, 1.54) is 0 Å². The van der Waals surface area contributed by atoms with Gasteiger partial charge in [0.1, 0.15) is 0 Å². The third kappa shape index (κ3) is 4.52. The molecular weight excluding hydrogens is 332 g/mol. The van der Waals surface area contributed by atoms with Crippen molar-refractivity contribution < 1.29 is 0 Å². The third-order valence-corrected chi connectivity index (χ3v) is 3.45. The summed E-state index contributed by atoms with van der Waals surface area (Å²) in [5.41, 5.74) is 0. The molecule has 0 aromatic carbocycles. The predicted molar refractivity (Wildman–Crippen MR) is 59.3 cm³/mol. The van der Waals surface area contributed by atoms with Crippen LogP contribution in [0.4, 0.5) is 0 Å². The minimum absolute atomic E-state index is 0.339. The van der Waals surface area contributed by atoms with Crippen LogP contribution in [-0.2, 0) is 0 Å². The van der Waals surface area contributed by atoms with Gasteiger partial charge >= 0.3 is 0 Å². The van der Waals surface area contributed by atoms with Crippen LogP contribution >= 0.6 is 92.8 Å². The largest absolute Gasteiger partial charge is 0.227 e. The molecule has 0 heterocycles. The summed E-state index contributed by atoms with van der Waals surface area (Å²) < 4.78 is -3.77. The molecule has 8 heteroatoms. The maximum atomic E-state index is 5.49. The van der Waals surface area contributed by atoms with Crippen LogP contribution in [0.2, 0.25) is 0 Å². The molecule has 0 aromatic rings. The predicted octanol–water partition coefficient (Wildman–Crippen LogP) is 5.42. The Morgan fingerprint density at radius 1 is 0.583 bits per heavy atom. The molecule has 0 atom stereocenters. The van der Waals surface area contributed by atoms with Gasteiger partial charge in [0.2, 0.25) is 7.59 Å². The molecule has 0 unspecified atom stereocenters. The number of allylic oxidation sites excluding steroid dienone is 2. The van der Waals surface area contributed by atoms with E-state index in [2.05, 4.69) is 0 Å². The van der Waals surface area contributed by atoms with Gasteiger partial charge < -0.3 is 0 Å². The average molecular weight is 332 g/mol. The molecule has 0 nitrogen and oxygen atoms in total. The van der Waals surface area contributed by atoms with E-state index < -0.39 is 7.59 Å². The van der Waals surface area contributed by atoms with Crippen molar-refractivity contribution in [2.45, 2.75) is 7.59 Å². The Morgan fingerprint density at radius 3 is 0.833 bits per heavy atom. The van der Waals surface area contributed by atoms with Crippen molar-refractivity contribution in [2.24, 2.45) is 0 Å². The summed E-state index contributed by atoms with van der Waals surface area (Å²) in [6.45, 7) is 0. The van der Waals surface area contributed by atoms with Gasteiger partial charge in [0.05, 0.1) is 10.1 Å². The van der Waals surface area contributed by atoms with Crippen molar-refractivity contribution >= 4 is 92.8 Å². The van der Waals surface area contributed by atoms with Crippen LogP contribution < -0.4 is 0 Å². The molecule has 72 valence electrons. The second kappa shape index (κ2) is 4.72. The second-order valence-electron chi connectivity index (χ2n) is 1.62. The van der Waals surface area contributed by atoms with Crippen molar-refractivity contribution in [3.63, 3.8) is 0 Å². The van der Waals surface area contributed by atoms with E-state index in [9.17, 15) is 0 Å². The molecule has 0 radical (unpaired) electrons. The number of hydrogen-bond acceptors (Lipinski definition) is 0. The summed E-state index contributed by atoms with van der Waals surface area (Å²) in [5, 5.41) is -0.677. The summed E-state index contributed by atoms with van der Waals surface area (Å²) in [7, 11) is 0. The number of hydrogen-bond donors (Lipinski definition) is 0. The molecule has 0 aromatic heterocycles. The molecule has 0 saturated heterocycles. The first-order valence-electron chi connectivity index (χ1n) is 2.26. The monoisotopic (exact) mass is 328 g/mol. The molecule has 0 aliphatic heterocycles. The summed E-state index contributed by atoms with van der Waals surface area (Å²) in [6, 6.07) is 0. The van der Waals surface area contributed by atoms with Crippen LogP contribution in [0.25, 0.3) is 0 Å². The highest BCUT2D eigenvalue weighted by Gasteiger charge is 2.35. The van der Waals surface area contributed by atoms with Crippen LogP contribution in [-0.4, -0.2) is 7.59 Å². The van der Waals surface area contributed by atoms with E-state index in [4.69, 9.17) is 92.8 Å². The van der Waals surface area contributed by atoms with Gasteiger partial charge in [-0.2, -0.15) is 0 Å². The van der Waals surface area contributed by atoms with Crippen LogP contribution in [0, 0.1) is 0 Å². The highest BCUT2D eigenvalue weighted by Crippen LogP contribution is 2.47. The van der Waals surface area contributed by atoms with Gasteiger partial charge in [-0.05, 0) is 0 Å². The molecule has 0 rings (SSSR count). The molecule has 0 saturated carbocycles. The first-order valence-corrected chi connectivity index (χ1v) is 5.29. The summed E-state index contributed by atoms with van der Waals surface area (Å²) >= 11 is 43.2. The molecule has 0 amide bonds. The fourth-order valence-electron chi connectivity index (χ4n) is 0.249. The first kappa shape index (κ1) is 14.1. The molecule has 0 aliphatic carbocycles. The van der Waals surface area contributed by atoms with Crippen molar-refractivity contribution in [3.8, 4) is 0 Å². The van der Waals surface area contributed by atoms with Gasteiger partial charge in [-0.3, -0.25) is 0 Å². The Hall–Kier alpha value is 2.06. The van der Waals surface area contributed by atoms with Gasteiger partial charge in [0.15, 0.2) is 0 Å². The van der Waals surface area contributed by atoms with Crippen molar-refractivity contribution in [1.29, 1.82) is 0 Å². The number of rotatable bonds is 0. The summed E-state index contributed by atoms with van der Waals surface area (Å²) in [6.07, 6.45) is 0. The lowest BCUT2D eigenvalue weighted by Crippen LogP contribution is -2.11. The molecular formula is C4Cl8. The second-order valence-corrected chi connectivity index (χ2v) is 6.94. The van der Waals surface area contributed by atoms with Crippen molar-refractivity contribution in [2.75, 3.05) is 0 Å². The lowest BCUT2D eigenvalue weighted by atomic mass is 10.5. The van der Waals surface area contributed by atoms with E-state index in [1.54, 1.807) is 0 Å². The number of halogens is 8. The Morgan fingerprint density at radius 2 is 0.750 bits per heavy atom. The minimum atomic E-state index is -1.89. The molecule has 0 bridgehead atoms. The lowest BCUT2D eigenvalue weighted by molar-refractivity contribution is 1.30. The Bertz CT molecular complexity index is 170. The zero-order valence-electron chi connectivity index (χ0n) is 5.02. The average Bonchev–Trinajstić information content (AvgIpc) is 1.80. The SMILES string of the molecule is ClC(=C(Cl)C(Cl)(Cl)Cl)C(Cl)(Cl)Cl. The van der Waals surface area contributed by atoms with Crippen molar-refractivity contribution in [3.05, 3.63) is 10.1 Å². The Balaban J connectivity index is 4.96. The molecule has 12 heavy (non-hydrogen) atoms. The topological polar surface area (TPSA) is 0 Å². The van der Waals surface area contributed by atoms with Gasteiger partial charge in [-0.25, -0.2) is 0 Å². The molecule has 0 N–H and O–H groups in total. The Labute approximate surface area is 110 Å². The van der Waals surface area contributed by atoms with Gasteiger partial charge in [0, 0.05) is 0 Å². The highest BCUT2D eigenvalue weighted by atomic mass is 35.6. The summed E-state index contributed by atoms with van der Waals surface area (Å²) in [5.74, 6) is 0. The molecule has 0 fully saturated rings. The molecule has 0 spiro atoms. The van der Waals surface area contributed by atoms with Crippen LogP contribution in [0.5, 0.6) is 0 Å². The third-order valence-electron chi connectivity index (χ3n) is 0.690. The fourth-order valence-corrected chi connectivity index (χ4v) is 1.39. The number of alkyl halides is 6. The smallest absolute Gasteiger partial charge is 0.0830 e. The van der Waals surface area contributed by atoms with Crippen LogP contribution in [0.3, 0.4) is 0 Å². The van der Waals surface area contributed by atoms with Crippen LogP contribution in [0.1, 0.15) is 0 Å². The van der Waals surface area contributed by atoms with Gasteiger partial charge in [-0.15, -0.1) is 0 Å². The van der Waals surface area contributed by atoms with Crippen LogP contribution in [0.15, 0.2) is 10.1 Å². The zero-order chi connectivity index (χ0) is 10.2. The van der Waals surface area contributed by atoms with E-state index in [1.807, 2.05) is 0 Å². The van der Waals surface area contributed by atoms with E-state index in [0.717, 1.165) is 0 Å². The summed E-state index contributed by atoms with van der Waals surface area (Å²) in [4.78, 5) is 0. The fraction of sp³-hybridized carbons (Fsp3) is 0.500. The molecule has 0 aliphatic rings. The van der Waals surface area contributed by atoms with E-state index in [0.29, 0.717) is 0 Å². The normalized spacial score (nSPS) is 16.0. The lowest BCUT2D eigenvalue weighted by Gasteiger charge is -2.16. The van der Waals surface area contributed by atoms with Crippen molar-refractivity contribution in [1.82, 2.24) is 0 Å². The zero-order valence-corrected chi connectivity index (χ0v) is 11.1. The first-order chi connectivity index (χ1) is 5.07. The van der Waals surface area contributed by atoms with Gasteiger partial charge in [0.25, 0.3) is 0 Å². The maximum Gasteiger partial charge on any atom is 0.227 e. The Kier molecular flexibility index (Phi) is 5.53. The highest BCUT2D eigenvalue weighted by molar-refractivity contribution is 6.76. The quantitative estimate of drug-likeness (QED) is 0.520. The van der Waals surface area contributed by atoms with E-state index in [-0.39, 0.29) is 10.1 Å². The van der Waals surface area contributed by atoms with Gasteiger partial charge in [-0.1, -0.05) is 92.8 Å².